The number of aromatic amines is 1. The van der Waals surface area contributed by atoms with Crippen LogP contribution in [-0.4, -0.2) is 22.3 Å². The highest BCUT2D eigenvalue weighted by Crippen LogP contribution is 2.21. The number of nitrogens with one attached hydrogen (secondary N) is 2. The van der Waals surface area contributed by atoms with Crippen molar-refractivity contribution in [1.82, 2.24) is 15.6 Å². The molecule has 0 radical (unpaired) electrons. The molecule has 1 aromatic rings. The Bertz CT molecular complexity index is 566. The maximum Gasteiger partial charge on any atom is 0.292 e. The lowest BCUT2D eigenvalue weighted by Crippen LogP contribution is -2.20. The molecule has 0 bridgehead atoms. The average molecular weight is 272 g/mol. The summed E-state index contributed by atoms with van der Waals surface area (Å²) in [6.07, 6.45) is 11.5. The lowest BCUT2D eigenvalue weighted by Gasteiger charge is -2.10. The summed E-state index contributed by atoms with van der Waals surface area (Å²) in [5, 5.41) is 11.0. The zero-order chi connectivity index (χ0) is 14.4. The van der Waals surface area contributed by atoms with Crippen LogP contribution in [0.1, 0.15) is 48.4 Å². The molecule has 1 aliphatic carbocycles. The summed E-state index contributed by atoms with van der Waals surface area (Å²) in [4.78, 5) is 12.1. The van der Waals surface area contributed by atoms with Crippen molar-refractivity contribution in [3.05, 3.63) is 40.8 Å². The van der Waals surface area contributed by atoms with Crippen molar-refractivity contribution in [1.29, 1.82) is 0 Å². The number of aryl methyl sites for hydroxylation is 1. The van der Waals surface area contributed by atoms with Gasteiger partial charge in [-0.25, -0.2) is 5.43 Å². The van der Waals surface area contributed by atoms with Gasteiger partial charge in [-0.3, -0.25) is 9.89 Å². The first-order valence-electron chi connectivity index (χ1n) is 6.94. The van der Waals surface area contributed by atoms with Crippen LogP contribution in [0.5, 0.6) is 0 Å². The van der Waals surface area contributed by atoms with Gasteiger partial charge in [0.2, 0.25) is 0 Å². The molecule has 0 fully saturated rings. The molecule has 1 aliphatic rings. The Balaban J connectivity index is 2.02. The average Bonchev–Trinajstić information content (AvgIpc) is 2.90. The number of hydrogen-bond donors (Lipinski definition) is 2. The number of hydrazone groups is 1. The number of carbonyl (C=O) groups is 1. The van der Waals surface area contributed by atoms with Crippen LogP contribution in [0.25, 0.3) is 0 Å². The minimum absolute atomic E-state index is 0.253. The quantitative estimate of drug-likeness (QED) is 0.502. The van der Waals surface area contributed by atoms with E-state index in [1.807, 2.05) is 32.1 Å². The molecule has 1 heterocycles. The lowest BCUT2D eigenvalue weighted by molar-refractivity contribution is 0.0949. The molecule has 0 spiro atoms. The molecule has 0 atom stereocenters. The fourth-order valence-electron chi connectivity index (χ4n) is 2.29. The lowest BCUT2D eigenvalue weighted by atomic mass is 9.96. The van der Waals surface area contributed by atoms with E-state index in [9.17, 15) is 4.79 Å². The smallest absolute Gasteiger partial charge is 0.281 e. The summed E-state index contributed by atoms with van der Waals surface area (Å²) in [7, 11) is 0. The second-order valence-corrected chi connectivity index (χ2v) is 4.72. The predicted molar refractivity (Wildman–Crippen MR) is 79.8 cm³/mol. The summed E-state index contributed by atoms with van der Waals surface area (Å²) in [6.45, 7) is 3.86. The fraction of sp³-hybridized carbons (Fsp3) is 0.400. The number of allylic oxidation sites excluding steroid dienone is 4. The van der Waals surface area contributed by atoms with E-state index in [0.717, 1.165) is 42.5 Å². The van der Waals surface area contributed by atoms with Gasteiger partial charge in [0.05, 0.1) is 6.21 Å². The number of fused-ring (bicyclic) bond motifs is 1. The number of carbonyl (C=O) groups excluding carboxylic acids is 1. The number of H-pyrrole nitrogens is 1. The van der Waals surface area contributed by atoms with E-state index in [1.54, 1.807) is 6.21 Å². The van der Waals surface area contributed by atoms with Crippen molar-refractivity contribution in [2.24, 2.45) is 5.10 Å². The Morgan fingerprint density at radius 1 is 1.35 bits per heavy atom. The van der Waals surface area contributed by atoms with E-state index in [1.165, 1.54) is 0 Å². The predicted octanol–water partition coefficient (Wildman–Crippen LogP) is 2.53. The van der Waals surface area contributed by atoms with Gasteiger partial charge in [0.25, 0.3) is 5.91 Å². The minimum Gasteiger partial charge on any atom is -0.281 e. The molecule has 0 aromatic carbocycles. The highest BCUT2D eigenvalue weighted by Gasteiger charge is 2.21. The molecule has 5 nitrogen and oxygen atoms in total. The minimum atomic E-state index is -0.253. The van der Waals surface area contributed by atoms with E-state index in [4.69, 9.17) is 0 Å². The molecular formula is C15H20N4O. The normalized spacial score (nSPS) is 15.8. The maximum atomic E-state index is 12.1. The molecule has 106 valence electrons. The molecule has 1 amide bonds. The molecule has 20 heavy (non-hydrogen) atoms. The summed E-state index contributed by atoms with van der Waals surface area (Å²) in [5.74, 6) is -0.253. The van der Waals surface area contributed by atoms with Gasteiger partial charge in [-0.05, 0) is 45.1 Å². The van der Waals surface area contributed by atoms with Gasteiger partial charge in [0.15, 0.2) is 5.69 Å². The van der Waals surface area contributed by atoms with Gasteiger partial charge in [-0.15, -0.1) is 0 Å². The van der Waals surface area contributed by atoms with Crippen molar-refractivity contribution >= 4 is 12.1 Å². The zero-order valence-corrected chi connectivity index (χ0v) is 11.9. The molecule has 0 saturated heterocycles. The van der Waals surface area contributed by atoms with Gasteiger partial charge in [-0.2, -0.15) is 10.2 Å². The highest BCUT2D eigenvalue weighted by atomic mass is 16.2. The second-order valence-electron chi connectivity index (χ2n) is 4.72. The number of amides is 1. The first kappa shape index (κ1) is 14.2. The first-order chi connectivity index (χ1) is 9.76. The fourth-order valence-corrected chi connectivity index (χ4v) is 2.29. The van der Waals surface area contributed by atoms with Crippen LogP contribution < -0.4 is 5.43 Å². The zero-order valence-electron chi connectivity index (χ0n) is 11.9. The van der Waals surface area contributed by atoms with E-state index >= 15 is 0 Å². The van der Waals surface area contributed by atoms with Crippen LogP contribution in [0, 0.1) is 0 Å². The van der Waals surface area contributed by atoms with Crippen molar-refractivity contribution in [2.75, 3.05) is 0 Å². The van der Waals surface area contributed by atoms with Crippen LogP contribution in [0.3, 0.4) is 0 Å². The molecule has 5 heteroatoms. The van der Waals surface area contributed by atoms with Crippen molar-refractivity contribution in [2.45, 2.75) is 39.5 Å². The number of hydrogen-bond acceptors (Lipinski definition) is 3. The second kappa shape index (κ2) is 6.84. The van der Waals surface area contributed by atoms with Crippen LogP contribution in [0.15, 0.2) is 28.9 Å². The number of nitrogens with zero attached hydrogens (tertiary/aromatic N) is 2. The Labute approximate surface area is 118 Å². The Kier molecular flexibility index (Phi) is 4.87. The third-order valence-corrected chi connectivity index (χ3v) is 3.34. The highest BCUT2D eigenvalue weighted by molar-refractivity contribution is 5.94. The number of aromatic nitrogens is 2. The SMILES string of the molecule is C\C=C/C(/C=N/NC(=O)c1n[nH]c2c1CCCC2)=C\C. The van der Waals surface area contributed by atoms with E-state index in [0.29, 0.717) is 5.69 Å². The molecule has 2 rings (SSSR count). The van der Waals surface area contributed by atoms with Crippen LogP contribution in [0.4, 0.5) is 0 Å². The number of rotatable bonds is 4. The molecule has 2 N–H and O–H groups in total. The first-order valence-corrected chi connectivity index (χ1v) is 6.94. The van der Waals surface area contributed by atoms with Crippen LogP contribution in [0.2, 0.25) is 0 Å². The van der Waals surface area contributed by atoms with E-state index in [2.05, 4.69) is 20.7 Å². The van der Waals surface area contributed by atoms with E-state index < -0.39 is 0 Å². The van der Waals surface area contributed by atoms with Crippen LogP contribution >= 0.6 is 0 Å². The maximum absolute atomic E-state index is 12.1. The molecule has 1 aromatic heterocycles. The standard InChI is InChI=1S/C15H20N4O/c1-3-7-11(4-2)10-16-19-15(20)14-12-8-5-6-9-13(12)17-18-14/h3-4,7,10H,5-6,8-9H2,1-2H3,(H,17,18)(H,19,20)/b7-3-,11-4+,16-10+. The summed E-state index contributed by atoms with van der Waals surface area (Å²) < 4.78 is 0. The molecule has 0 saturated carbocycles. The van der Waals surface area contributed by atoms with Gasteiger partial charge in [0.1, 0.15) is 0 Å². The topological polar surface area (TPSA) is 70.1 Å². The van der Waals surface area contributed by atoms with E-state index in [-0.39, 0.29) is 5.91 Å². The summed E-state index contributed by atoms with van der Waals surface area (Å²) >= 11 is 0. The van der Waals surface area contributed by atoms with Gasteiger partial charge in [0, 0.05) is 11.3 Å². The van der Waals surface area contributed by atoms with Gasteiger partial charge >= 0.3 is 0 Å². The van der Waals surface area contributed by atoms with Crippen LogP contribution in [-0.2, 0) is 12.8 Å². The Hall–Kier alpha value is -2.17. The Morgan fingerprint density at radius 2 is 2.15 bits per heavy atom. The van der Waals surface area contributed by atoms with Gasteiger partial charge in [-0.1, -0.05) is 18.2 Å². The third-order valence-electron chi connectivity index (χ3n) is 3.34. The summed E-state index contributed by atoms with van der Waals surface area (Å²) in [5.41, 5.74) is 6.09. The monoisotopic (exact) mass is 272 g/mol. The Morgan fingerprint density at radius 3 is 2.90 bits per heavy atom. The largest absolute Gasteiger partial charge is 0.292 e. The van der Waals surface area contributed by atoms with Crippen molar-refractivity contribution in [3.8, 4) is 0 Å². The molecule has 0 unspecified atom stereocenters. The molecule has 0 aliphatic heterocycles. The molecular weight excluding hydrogens is 252 g/mol. The van der Waals surface area contributed by atoms with Crippen molar-refractivity contribution < 1.29 is 4.79 Å². The third kappa shape index (κ3) is 3.23. The van der Waals surface area contributed by atoms with Crippen molar-refractivity contribution in [3.63, 3.8) is 0 Å². The summed E-state index contributed by atoms with van der Waals surface area (Å²) in [6, 6.07) is 0. The van der Waals surface area contributed by atoms with Gasteiger partial charge < -0.3 is 0 Å².